The molecular formula is C37H40Br4N4O9. The van der Waals surface area contributed by atoms with Crippen LogP contribution in [0.25, 0.3) is 32.7 Å². The standard InChI is InChI=1S/C22H28Br2N2O6.C15H12Br2N2O3/c1-7-30-17(27)12-26(21(29)32-22(3,4)5)11-16-18(20(28)31-8-2)14-9-13(23)10-15(24)19(14)25(16)6;1-3-22-15(21)12-14(20)11-8-4-7(16)5-9(17)13(8)19(2)10(11)6-18-12/h9-10H,7-8,11-12H2,1-6H3;4-6,20H,3H2,1-2H3. The largest absolute Gasteiger partial charge is 0.505 e. The van der Waals surface area contributed by atoms with Crippen molar-refractivity contribution in [1.29, 1.82) is 0 Å². The van der Waals surface area contributed by atoms with Gasteiger partial charge in [-0.3, -0.25) is 9.69 Å². The maximum Gasteiger partial charge on any atom is 0.411 e. The highest BCUT2D eigenvalue weighted by Gasteiger charge is 2.30. The van der Waals surface area contributed by atoms with Crippen molar-refractivity contribution in [3.8, 4) is 5.75 Å². The number of pyridine rings is 1. The SMILES string of the molecule is CCOC(=O)CN(Cc1c(C(=O)OCC)c2cc(Br)cc(Br)c2n1C)C(=O)OC(C)(C)C.CCOC(=O)c1ncc2c(c1O)c1cc(Br)cc(Br)c1n2C. The highest BCUT2D eigenvalue weighted by Crippen LogP contribution is 2.40. The number of esters is 3. The van der Waals surface area contributed by atoms with E-state index >= 15 is 0 Å². The number of ether oxygens (including phenoxy) is 4. The van der Waals surface area contributed by atoms with E-state index in [1.54, 1.807) is 59.4 Å². The van der Waals surface area contributed by atoms with Crippen molar-refractivity contribution < 1.29 is 43.2 Å². The third-order valence-corrected chi connectivity index (χ3v) is 10.0. The number of aromatic hydroxyl groups is 1. The number of aryl methyl sites for hydroxylation is 2. The lowest BCUT2D eigenvalue weighted by atomic mass is 10.1. The van der Waals surface area contributed by atoms with E-state index in [0.717, 1.165) is 39.8 Å². The van der Waals surface area contributed by atoms with Crippen LogP contribution in [0.15, 0.2) is 48.4 Å². The van der Waals surface area contributed by atoms with Gasteiger partial charge in [0, 0.05) is 42.8 Å². The highest BCUT2D eigenvalue weighted by atomic mass is 79.9. The topological polar surface area (TPSA) is 151 Å². The van der Waals surface area contributed by atoms with Gasteiger partial charge in [-0.25, -0.2) is 19.4 Å². The summed E-state index contributed by atoms with van der Waals surface area (Å²) in [6, 6.07) is 7.51. The van der Waals surface area contributed by atoms with E-state index in [0.29, 0.717) is 22.0 Å². The number of carbonyl (C=O) groups is 4. The maximum atomic E-state index is 12.9. The van der Waals surface area contributed by atoms with Crippen LogP contribution in [-0.4, -0.2) is 80.1 Å². The molecule has 0 aliphatic rings. The van der Waals surface area contributed by atoms with Gasteiger partial charge in [0.25, 0.3) is 0 Å². The lowest BCUT2D eigenvalue weighted by Crippen LogP contribution is -2.40. The lowest BCUT2D eigenvalue weighted by Gasteiger charge is -2.27. The molecule has 0 atom stereocenters. The van der Waals surface area contributed by atoms with Crippen molar-refractivity contribution in [1.82, 2.24) is 19.0 Å². The number of benzene rings is 2. The molecule has 3 heterocycles. The molecular weight excluding hydrogens is 964 g/mol. The Hall–Kier alpha value is -3.67. The van der Waals surface area contributed by atoms with E-state index in [9.17, 15) is 24.3 Å². The predicted molar refractivity (Wildman–Crippen MR) is 219 cm³/mol. The summed E-state index contributed by atoms with van der Waals surface area (Å²) in [6.07, 6.45) is 0.882. The number of hydrogen-bond acceptors (Lipinski definition) is 10. The monoisotopic (exact) mass is 1000 g/mol. The Bertz CT molecular complexity index is 2260. The van der Waals surface area contributed by atoms with Crippen LogP contribution in [-0.2, 0) is 44.4 Å². The summed E-state index contributed by atoms with van der Waals surface area (Å²) in [6.45, 7) is 10.6. The summed E-state index contributed by atoms with van der Waals surface area (Å²) in [5.74, 6) is -1.88. The van der Waals surface area contributed by atoms with Crippen molar-refractivity contribution in [2.24, 2.45) is 14.1 Å². The fourth-order valence-electron chi connectivity index (χ4n) is 5.80. The van der Waals surface area contributed by atoms with Crippen LogP contribution in [0.2, 0.25) is 0 Å². The van der Waals surface area contributed by atoms with Crippen LogP contribution in [0.3, 0.4) is 0 Å². The van der Waals surface area contributed by atoms with Crippen molar-refractivity contribution in [2.45, 2.75) is 53.7 Å². The van der Waals surface area contributed by atoms with Crippen molar-refractivity contribution >= 4 is 120 Å². The Morgan fingerprint density at radius 1 is 0.796 bits per heavy atom. The second-order valence-corrected chi connectivity index (χ2v) is 16.3. The van der Waals surface area contributed by atoms with Crippen LogP contribution in [0.1, 0.15) is 68.1 Å². The highest BCUT2D eigenvalue weighted by molar-refractivity contribution is 9.11. The summed E-state index contributed by atoms with van der Waals surface area (Å²) < 4.78 is 27.8. The van der Waals surface area contributed by atoms with Gasteiger partial charge in [0.1, 0.15) is 12.1 Å². The summed E-state index contributed by atoms with van der Waals surface area (Å²) in [5.41, 5.74) is 2.40. The van der Waals surface area contributed by atoms with Crippen LogP contribution in [0, 0.1) is 0 Å². The van der Waals surface area contributed by atoms with Crippen LogP contribution in [0.5, 0.6) is 5.75 Å². The smallest absolute Gasteiger partial charge is 0.411 e. The molecule has 17 heteroatoms. The van der Waals surface area contributed by atoms with Crippen LogP contribution < -0.4 is 0 Å². The number of fused-ring (bicyclic) bond motifs is 4. The molecule has 13 nitrogen and oxygen atoms in total. The Balaban J connectivity index is 0.000000256. The molecule has 0 aliphatic heterocycles. The van der Waals surface area contributed by atoms with E-state index in [-0.39, 0.29) is 44.4 Å². The zero-order valence-electron chi connectivity index (χ0n) is 30.9. The molecule has 1 N–H and O–H groups in total. The molecule has 0 unspecified atom stereocenters. The van der Waals surface area contributed by atoms with Gasteiger partial charge in [-0.05, 0) is 97.7 Å². The zero-order chi connectivity index (χ0) is 40.2. The number of aromatic nitrogens is 3. The Morgan fingerprint density at radius 3 is 1.89 bits per heavy atom. The minimum Gasteiger partial charge on any atom is -0.505 e. The van der Waals surface area contributed by atoms with Gasteiger partial charge in [0.15, 0.2) is 11.4 Å². The van der Waals surface area contributed by atoms with Gasteiger partial charge >= 0.3 is 24.0 Å². The Labute approximate surface area is 345 Å². The van der Waals surface area contributed by atoms with E-state index in [1.807, 2.05) is 35.9 Å². The van der Waals surface area contributed by atoms with Gasteiger partial charge in [0.05, 0.1) is 65.8 Å². The molecule has 290 valence electrons. The first-order chi connectivity index (χ1) is 25.3. The average Bonchev–Trinajstić information content (AvgIpc) is 3.50. The lowest BCUT2D eigenvalue weighted by molar-refractivity contribution is -0.144. The Kier molecular flexibility index (Phi) is 14.2. The fourth-order valence-corrected chi connectivity index (χ4v) is 8.79. The first-order valence-electron chi connectivity index (χ1n) is 16.7. The molecule has 0 fully saturated rings. The molecule has 0 radical (unpaired) electrons. The van der Waals surface area contributed by atoms with E-state index in [2.05, 4.69) is 68.7 Å². The second kappa shape index (κ2) is 17.9. The quantitative estimate of drug-likeness (QED) is 0.112. The normalized spacial score (nSPS) is 11.3. The van der Waals surface area contributed by atoms with Crippen molar-refractivity contribution in [2.75, 3.05) is 26.4 Å². The molecule has 0 saturated heterocycles. The predicted octanol–water partition coefficient (Wildman–Crippen LogP) is 9.31. The first-order valence-corrected chi connectivity index (χ1v) is 19.9. The molecule has 0 spiro atoms. The van der Waals surface area contributed by atoms with Gasteiger partial charge in [-0.15, -0.1) is 0 Å². The average molecular weight is 1000 g/mol. The van der Waals surface area contributed by atoms with Crippen LogP contribution >= 0.6 is 63.7 Å². The molecule has 1 amide bonds. The number of carbonyl (C=O) groups excluding carboxylic acids is 4. The minimum atomic E-state index is -0.763. The third kappa shape index (κ3) is 9.40. The van der Waals surface area contributed by atoms with Crippen molar-refractivity contribution in [3.63, 3.8) is 0 Å². The number of hydrogen-bond donors (Lipinski definition) is 1. The number of rotatable bonds is 9. The number of amides is 1. The minimum absolute atomic E-state index is 0.0584. The molecule has 0 aliphatic carbocycles. The second-order valence-electron chi connectivity index (χ2n) is 12.8. The van der Waals surface area contributed by atoms with E-state index in [4.69, 9.17) is 18.9 Å². The summed E-state index contributed by atoms with van der Waals surface area (Å²) in [4.78, 5) is 55.2. The van der Waals surface area contributed by atoms with Gasteiger partial charge in [0.2, 0.25) is 0 Å². The Morgan fingerprint density at radius 2 is 1.33 bits per heavy atom. The maximum absolute atomic E-state index is 12.9. The summed E-state index contributed by atoms with van der Waals surface area (Å²) in [5, 5.41) is 12.6. The fraction of sp³-hybridized carbons (Fsp3) is 0.378. The van der Waals surface area contributed by atoms with Crippen LogP contribution in [0.4, 0.5) is 4.79 Å². The molecule has 5 rings (SSSR count). The van der Waals surface area contributed by atoms with Gasteiger partial charge in [-0.1, -0.05) is 31.9 Å². The number of nitrogens with zero attached hydrogens (tertiary/aromatic N) is 4. The summed E-state index contributed by atoms with van der Waals surface area (Å²) in [7, 11) is 3.67. The summed E-state index contributed by atoms with van der Waals surface area (Å²) >= 11 is 14.0. The van der Waals surface area contributed by atoms with E-state index in [1.165, 1.54) is 4.90 Å². The zero-order valence-corrected chi connectivity index (χ0v) is 37.3. The molecule has 54 heavy (non-hydrogen) atoms. The van der Waals surface area contributed by atoms with Gasteiger partial charge in [-0.2, -0.15) is 0 Å². The molecule has 0 saturated carbocycles. The van der Waals surface area contributed by atoms with Crippen molar-refractivity contribution in [3.05, 3.63) is 65.3 Å². The molecule has 0 bridgehead atoms. The number of halogens is 4. The van der Waals surface area contributed by atoms with Gasteiger partial charge < -0.3 is 33.2 Å². The first kappa shape index (κ1) is 43.1. The molecule has 3 aromatic heterocycles. The molecule has 5 aromatic rings. The third-order valence-electron chi connectivity index (χ3n) is 7.92. The van der Waals surface area contributed by atoms with E-state index < -0.39 is 29.6 Å². The molecule has 2 aromatic carbocycles.